The van der Waals surface area contributed by atoms with Gasteiger partial charge in [0.1, 0.15) is 6.10 Å². The monoisotopic (exact) mass is 990 g/mol. The second kappa shape index (κ2) is 57.9. The van der Waals surface area contributed by atoms with Crippen molar-refractivity contribution in [1.82, 2.24) is 5.32 Å². The molecule has 0 aromatic rings. The quantitative estimate of drug-likeness (QED) is 0.0321. The molecule has 0 saturated heterocycles. The maximum Gasteiger partial charge on any atom is 0.306 e. The van der Waals surface area contributed by atoms with E-state index in [0.717, 1.165) is 109 Å². The lowest BCUT2D eigenvalue weighted by atomic mass is 10.0. The minimum absolute atomic E-state index is 0.0466. The number of unbranched alkanes of at least 4 members (excludes halogenated alkanes) is 28. The van der Waals surface area contributed by atoms with E-state index in [4.69, 9.17) is 4.74 Å². The largest absolute Gasteiger partial charge is 0.462 e. The van der Waals surface area contributed by atoms with Crippen LogP contribution in [0.25, 0.3) is 0 Å². The zero-order valence-electron chi connectivity index (χ0n) is 46.8. The first-order valence-corrected chi connectivity index (χ1v) is 30.3. The first-order valence-electron chi connectivity index (χ1n) is 30.3. The number of carbonyl (C=O) groups is 2. The van der Waals surface area contributed by atoms with Crippen LogP contribution >= 0.6 is 0 Å². The number of esters is 1. The molecule has 0 rings (SSSR count). The lowest BCUT2D eigenvalue weighted by Crippen LogP contribution is -2.46. The molecule has 3 N–H and O–H groups in total. The Morgan fingerprint density at radius 3 is 1.11 bits per heavy atom. The summed E-state index contributed by atoms with van der Waals surface area (Å²) in [6, 6.07) is -0.722. The van der Waals surface area contributed by atoms with Gasteiger partial charge in [0.15, 0.2) is 0 Å². The zero-order chi connectivity index (χ0) is 51.6. The van der Waals surface area contributed by atoms with E-state index < -0.39 is 18.2 Å². The van der Waals surface area contributed by atoms with Gasteiger partial charge in [-0.25, -0.2) is 0 Å². The van der Waals surface area contributed by atoms with Crippen molar-refractivity contribution in [2.45, 2.75) is 309 Å². The fraction of sp³-hybridized carbons (Fsp3) is 0.754. The molecule has 0 bridgehead atoms. The molecule has 3 unspecified atom stereocenters. The topological polar surface area (TPSA) is 95.9 Å². The van der Waals surface area contributed by atoms with Crippen LogP contribution in [0.1, 0.15) is 290 Å². The standard InChI is InChI=1S/C65H115NO5/c1-4-7-10-13-16-19-22-25-28-31-32-34-37-40-43-46-49-52-55-58-65(70)71-61(56-53-50-47-44-41-38-35-33-29-26-23-20-17-14-11-8-5-2)59-64(69)66-62(60-67)63(68)57-54-51-48-45-42-39-36-30-27-24-21-18-15-12-9-6-3/h16-17,19-20,25-26,28-29,32,34-35,38,40,43,61-63,67-68H,4-15,18,21-24,27,30-31,33,36-37,39,41-42,44-60H2,1-3H3,(H,66,69)/b19-16-,20-17-,28-25-,29-26-,34-32-,38-35-,43-40-. The van der Waals surface area contributed by atoms with Crippen molar-refractivity contribution in [2.24, 2.45) is 0 Å². The van der Waals surface area contributed by atoms with E-state index in [1.165, 1.54) is 135 Å². The Labute approximate surface area is 440 Å². The fourth-order valence-corrected chi connectivity index (χ4v) is 8.83. The van der Waals surface area contributed by atoms with Crippen molar-refractivity contribution in [3.05, 3.63) is 85.1 Å². The zero-order valence-corrected chi connectivity index (χ0v) is 46.8. The lowest BCUT2D eigenvalue weighted by Gasteiger charge is -2.24. The fourth-order valence-electron chi connectivity index (χ4n) is 8.83. The summed E-state index contributed by atoms with van der Waals surface area (Å²) in [5.41, 5.74) is 0. The summed E-state index contributed by atoms with van der Waals surface area (Å²) in [7, 11) is 0. The molecule has 6 nitrogen and oxygen atoms in total. The summed E-state index contributed by atoms with van der Waals surface area (Å²) >= 11 is 0. The molecule has 0 radical (unpaired) electrons. The maximum atomic E-state index is 13.3. The Balaban J connectivity index is 4.67. The molecule has 0 aliphatic carbocycles. The van der Waals surface area contributed by atoms with Crippen LogP contribution in [0.2, 0.25) is 0 Å². The molecular formula is C65H115NO5. The Morgan fingerprint density at radius 1 is 0.408 bits per heavy atom. The molecule has 0 aromatic heterocycles. The van der Waals surface area contributed by atoms with Crippen LogP contribution in [0.4, 0.5) is 0 Å². The van der Waals surface area contributed by atoms with Gasteiger partial charge in [-0.3, -0.25) is 9.59 Å². The van der Waals surface area contributed by atoms with Gasteiger partial charge in [-0.1, -0.05) is 254 Å². The highest BCUT2D eigenvalue weighted by molar-refractivity contribution is 5.77. The number of amides is 1. The molecular weight excluding hydrogens is 875 g/mol. The number of aliphatic hydroxyl groups is 2. The highest BCUT2D eigenvalue weighted by atomic mass is 16.5. The predicted molar refractivity (Wildman–Crippen MR) is 310 cm³/mol. The summed E-state index contributed by atoms with van der Waals surface area (Å²) in [5, 5.41) is 23.9. The van der Waals surface area contributed by atoms with E-state index >= 15 is 0 Å². The third-order valence-electron chi connectivity index (χ3n) is 13.4. The van der Waals surface area contributed by atoms with Crippen LogP contribution in [0.5, 0.6) is 0 Å². The molecule has 3 atom stereocenters. The van der Waals surface area contributed by atoms with Crippen LogP contribution in [0.15, 0.2) is 85.1 Å². The lowest BCUT2D eigenvalue weighted by molar-refractivity contribution is -0.151. The van der Waals surface area contributed by atoms with Gasteiger partial charge in [0, 0.05) is 6.42 Å². The second-order valence-corrected chi connectivity index (χ2v) is 20.4. The number of hydrogen-bond acceptors (Lipinski definition) is 5. The van der Waals surface area contributed by atoms with E-state index in [9.17, 15) is 19.8 Å². The van der Waals surface area contributed by atoms with Crippen molar-refractivity contribution in [2.75, 3.05) is 6.61 Å². The van der Waals surface area contributed by atoms with Gasteiger partial charge < -0.3 is 20.3 Å². The first-order chi connectivity index (χ1) is 35.0. The number of carbonyl (C=O) groups excluding carboxylic acids is 2. The first kappa shape index (κ1) is 68.0. The highest BCUT2D eigenvalue weighted by Crippen LogP contribution is 2.18. The van der Waals surface area contributed by atoms with Gasteiger partial charge in [0.2, 0.25) is 5.91 Å². The van der Waals surface area contributed by atoms with Gasteiger partial charge in [0.25, 0.3) is 0 Å². The van der Waals surface area contributed by atoms with Gasteiger partial charge in [0.05, 0.1) is 25.2 Å². The Morgan fingerprint density at radius 2 is 0.718 bits per heavy atom. The third-order valence-corrected chi connectivity index (χ3v) is 13.4. The van der Waals surface area contributed by atoms with E-state index in [0.29, 0.717) is 19.3 Å². The van der Waals surface area contributed by atoms with Gasteiger partial charge in [-0.05, 0) is 109 Å². The summed E-state index contributed by atoms with van der Waals surface area (Å²) < 4.78 is 5.95. The minimum Gasteiger partial charge on any atom is -0.462 e. The summed E-state index contributed by atoms with van der Waals surface area (Å²) in [6.07, 6.45) is 76.4. The van der Waals surface area contributed by atoms with Gasteiger partial charge in [-0.15, -0.1) is 0 Å². The summed E-state index contributed by atoms with van der Waals surface area (Å²) in [5.74, 6) is -0.529. The maximum absolute atomic E-state index is 13.3. The predicted octanol–water partition coefficient (Wildman–Crippen LogP) is 19.1. The average molecular weight is 991 g/mol. The van der Waals surface area contributed by atoms with Crippen LogP contribution in [0, 0.1) is 0 Å². The highest BCUT2D eigenvalue weighted by Gasteiger charge is 2.24. The SMILES string of the molecule is CCCCC/C=C\C/C=C\C/C=C\C/C=C\CCCCCC(=O)OC(CCCCCC/C=C\C/C=C\C/C=C\CCCCC)CC(=O)NC(CO)C(O)CCCCCCCCCCCCCCCCCC. The molecule has 0 aromatic carbocycles. The third kappa shape index (κ3) is 53.2. The smallest absolute Gasteiger partial charge is 0.306 e. The molecule has 0 fully saturated rings. The number of nitrogens with one attached hydrogen (secondary N) is 1. The molecule has 0 heterocycles. The molecule has 0 saturated carbocycles. The number of aliphatic hydroxyl groups excluding tert-OH is 2. The van der Waals surface area contributed by atoms with Crippen LogP contribution in [0.3, 0.4) is 0 Å². The molecule has 0 aliphatic rings. The number of rotatable bonds is 54. The Kier molecular flexibility index (Phi) is 55.5. The Bertz CT molecular complexity index is 1340. The molecule has 0 aliphatic heterocycles. The van der Waals surface area contributed by atoms with Crippen molar-refractivity contribution in [3.63, 3.8) is 0 Å². The van der Waals surface area contributed by atoms with Crippen LogP contribution < -0.4 is 5.32 Å². The van der Waals surface area contributed by atoms with Gasteiger partial charge >= 0.3 is 5.97 Å². The molecule has 410 valence electrons. The number of ether oxygens (including phenoxy) is 1. The van der Waals surface area contributed by atoms with Crippen molar-refractivity contribution < 1.29 is 24.5 Å². The molecule has 1 amide bonds. The van der Waals surface area contributed by atoms with E-state index in [1.54, 1.807) is 0 Å². The number of allylic oxidation sites excluding steroid dienone is 14. The molecule has 0 spiro atoms. The average Bonchev–Trinajstić information content (AvgIpc) is 3.36. The van der Waals surface area contributed by atoms with Crippen LogP contribution in [-0.2, 0) is 14.3 Å². The van der Waals surface area contributed by atoms with Crippen molar-refractivity contribution in [3.8, 4) is 0 Å². The molecule has 71 heavy (non-hydrogen) atoms. The van der Waals surface area contributed by atoms with E-state index in [2.05, 4.69) is 111 Å². The summed E-state index contributed by atoms with van der Waals surface area (Å²) in [6.45, 7) is 6.44. The molecule has 6 heteroatoms. The normalized spacial score (nSPS) is 13.7. The van der Waals surface area contributed by atoms with Crippen molar-refractivity contribution >= 4 is 11.9 Å². The number of hydrogen-bond donors (Lipinski definition) is 3. The minimum atomic E-state index is -0.805. The van der Waals surface area contributed by atoms with Gasteiger partial charge in [-0.2, -0.15) is 0 Å². The van der Waals surface area contributed by atoms with Crippen molar-refractivity contribution in [1.29, 1.82) is 0 Å². The van der Waals surface area contributed by atoms with E-state index in [1.807, 2.05) is 0 Å². The van der Waals surface area contributed by atoms with E-state index in [-0.39, 0.29) is 24.9 Å². The van der Waals surface area contributed by atoms with Crippen LogP contribution in [-0.4, -0.2) is 46.9 Å². The second-order valence-electron chi connectivity index (χ2n) is 20.4. The Hall–Kier alpha value is -2.96. The summed E-state index contributed by atoms with van der Waals surface area (Å²) in [4.78, 5) is 26.3.